The molecule has 33 heavy (non-hydrogen) atoms. The van der Waals surface area contributed by atoms with Crippen molar-refractivity contribution in [2.45, 2.75) is 83.3 Å². The third kappa shape index (κ3) is 3.70. The van der Waals surface area contributed by atoms with Gasteiger partial charge in [-0.05, 0) is 93.1 Å². The molecule has 6 nitrogen and oxygen atoms in total. The number of para-hydroxylation sites is 1. The second-order valence-corrected chi connectivity index (χ2v) is 11.7. The molecule has 0 bridgehead atoms. The van der Waals surface area contributed by atoms with Gasteiger partial charge in [0.2, 0.25) is 5.96 Å². The topological polar surface area (TPSA) is 103 Å². The molecule has 4 saturated carbocycles. The molecule has 0 aliphatic heterocycles. The van der Waals surface area contributed by atoms with Crippen molar-refractivity contribution in [3.8, 4) is 0 Å². The summed E-state index contributed by atoms with van der Waals surface area (Å²) in [7, 11) is 0. The third-order valence-corrected chi connectivity index (χ3v) is 10.3. The highest BCUT2D eigenvalue weighted by molar-refractivity contribution is 5.81. The molecule has 0 spiro atoms. The Balaban J connectivity index is 1.30. The number of hydrogen-bond donors (Lipinski definition) is 4. The van der Waals surface area contributed by atoms with Gasteiger partial charge in [0.05, 0.1) is 17.4 Å². The van der Waals surface area contributed by atoms with E-state index in [-0.39, 0.29) is 28.8 Å². The molecule has 1 aromatic rings. The Morgan fingerprint density at radius 3 is 2.61 bits per heavy atom. The number of guanidine groups is 1. The van der Waals surface area contributed by atoms with Crippen molar-refractivity contribution in [1.29, 1.82) is 0 Å². The highest BCUT2D eigenvalue weighted by atomic mass is 16.3. The number of rotatable bonds is 3. The average molecular weight is 453 g/mol. The van der Waals surface area contributed by atoms with Crippen LogP contribution < -0.4 is 11.2 Å². The fraction of sp³-hybridized carbons (Fsp3) is 0.704. The number of nitrogens with two attached hydrogens (primary N) is 1. The predicted octanol–water partition coefficient (Wildman–Crippen LogP) is 4.34. The Hall–Kier alpha value is -1.92. The number of hydrazone groups is 1. The lowest BCUT2D eigenvalue weighted by atomic mass is 9.43. The third-order valence-electron chi connectivity index (χ3n) is 10.3. The van der Waals surface area contributed by atoms with E-state index in [1.807, 2.05) is 36.5 Å². The molecule has 0 aromatic heterocycles. The van der Waals surface area contributed by atoms with Gasteiger partial charge in [0, 0.05) is 17.5 Å². The molecule has 180 valence electrons. The Labute approximate surface area is 197 Å². The second kappa shape index (κ2) is 8.38. The Morgan fingerprint density at radius 1 is 1.03 bits per heavy atom. The normalized spacial score (nSPS) is 45.3. The van der Waals surface area contributed by atoms with E-state index in [4.69, 9.17) is 5.73 Å². The van der Waals surface area contributed by atoms with Gasteiger partial charge in [-0.3, -0.25) is 0 Å². The van der Waals surface area contributed by atoms with Crippen LogP contribution in [0.25, 0.3) is 0 Å². The van der Waals surface area contributed by atoms with E-state index in [9.17, 15) is 10.2 Å². The van der Waals surface area contributed by atoms with Crippen LogP contribution in [0.4, 0.5) is 5.69 Å². The zero-order valence-corrected chi connectivity index (χ0v) is 20.1. The zero-order chi connectivity index (χ0) is 23.3. The summed E-state index contributed by atoms with van der Waals surface area (Å²) in [5, 5.41) is 26.9. The molecule has 8 atom stereocenters. The minimum absolute atomic E-state index is 0.131. The van der Waals surface area contributed by atoms with Gasteiger partial charge in [0.25, 0.3) is 0 Å². The van der Waals surface area contributed by atoms with Crippen molar-refractivity contribution in [1.82, 2.24) is 5.43 Å². The number of aliphatic hydroxyl groups is 2. The van der Waals surface area contributed by atoms with Crippen LogP contribution in [0.5, 0.6) is 0 Å². The molecule has 1 aromatic carbocycles. The first-order chi connectivity index (χ1) is 15.8. The number of fused-ring (bicyclic) bond motifs is 5. The molecule has 0 radical (unpaired) electrons. The van der Waals surface area contributed by atoms with Crippen molar-refractivity contribution in [2.75, 3.05) is 0 Å². The largest absolute Gasteiger partial charge is 0.393 e. The number of aliphatic imine (C=N–C) groups is 1. The van der Waals surface area contributed by atoms with E-state index >= 15 is 0 Å². The number of nitrogens with one attached hydrogen (secondary N) is 1. The monoisotopic (exact) mass is 452 g/mol. The van der Waals surface area contributed by atoms with Crippen LogP contribution in [0.15, 0.2) is 40.4 Å². The molecule has 5 rings (SSSR count). The Kier molecular flexibility index (Phi) is 5.81. The summed E-state index contributed by atoms with van der Waals surface area (Å²) in [6.07, 6.45) is 11.0. The van der Waals surface area contributed by atoms with E-state index in [1.54, 1.807) is 0 Å². The molecule has 6 heteroatoms. The zero-order valence-electron chi connectivity index (χ0n) is 20.1. The number of nitrogens with zero attached hydrogens (tertiary/aromatic N) is 2. The summed E-state index contributed by atoms with van der Waals surface area (Å²) in [5.41, 5.74) is 9.14. The Bertz CT molecular complexity index is 920. The predicted molar refractivity (Wildman–Crippen MR) is 132 cm³/mol. The molecule has 4 aliphatic rings. The van der Waals surface area contributed by atoms with E-state index in [0.717, 1.165) is 57.1 Å². The van der Waals surface area contributed by atoms with Gasteiger partial charge >= 0.3 is 0 Å². The Morgan fingerprint density at radius 2 is 1.82 bits per heavy atom. The van der Waals surface area contributed by atoms with Gasteiger partial charge in [-0.15, -0.1) is 0 Å². The molecule has 5 N–H and O–H groups in total. The highest BCUT2D eigenvalue weighted by Gasteiger charge is 2.66. The minimum Gasteiger partial charge on any atom is -0.393 e. The average Bonchev–Trinajstić information content (AvgIpc) is 3.06. The molecule has 0 unspecified atom stereocenters. The highest BCUT2D eigenvalue weighted by Crippen LogP contribution is 2.68. The maximum Gasteiger partial charge on any atom is 0.214 e. The first kappa shape index (κ1) is 22.9. The fourth-order valence-corrected chi connectivity index (χ4v) is 8.34. The second-order valence-electron chi connectivity index (χ2n) is 11.7. The van der Waals surface area contributed by atoms with Crippen LogP contribution in [-0.2, 0) is 0 Å². The summed E-state index contributed by atoms with van der Waals surface area (Å²) in [6.45, 7) is 4.74. The number of aliphatic hydroxyl groups excluding tert-OH is 1. The maximum atomic E-state index is 12.2. The van der Waals surface area contributed by atoms with Crippen LogP contribution in [-0.4, -0.2) is 34.1 Å². The van der Waals surface area contributed by atoms with Crippen LogP contribution in [0, 0.1) is 34.5 Å². The summed E-state index contributed by atoms with van der Waals surface area (Å²) in [6, 6.07) is 9.60. The van der Waals surface area contributed by atoms with Crippen molar-refractivity contribution >= 4 is 17.9 Å². The first-order valence-corrected chi connectivity index (χ1v) is 12.8. The van der Waals surface area contributed by atoms with Gasteiger partial charge in [0.15, 0.2) is 0 Å². The van der Waals surface area contributed by atoms with Crippen molar-refractivity contribution in [3.63, 3.8) is 0 Å². The maximum absolute atomic E-state index is 12.2. The lowest BCUT2D eigenvalue weighted by molar-refractivity contribution is -0.206. The number of benzene rings is 1. The molecular formula is C27H40N4O2. The summed E-state index contributed by atoms with van der Waals surface area (Å²) in [5.74, 6) is 2.00. The molecule has 0 saturated heterocycles. The lowest BCUT2D eigenvalue weighted by Gasteiger charge is -2.63. The first-order valence-electron chi connectivity index (χ1n) is 12.8. The van der Waals surface area contributed by atoms with E-state index < -0.39 is 5.60 Å². The fourth-order valence-electron chi connectivity index (χ4n) is 8.34. The summed E-state index contributed by atoms with van der Waals surface area (Å²) >= 11 is 0. The van der Waals surface area contributed by atoms with Crippen LogP contribution in [0.3, 0.4) is 0 Å². The quantitative estimate of drug-likeness (QED) is 0.311. The van der Waals surface area contributed by atoms with Crippen LogP contribution in [0.1, 0.15) is 71.6 Å². The van der Waals surface area contributed by atoms with E-state index in [2.05, 4.69) is 29.4 Å². The lowest BCUT2D eigenvalue weighted by Crippen LogP contribution is -2.62. The molecule has 4 fully saturated rings. The standard InChI is InChI=1S/C27H40N4O2/c1-25-13-11-21(32)16-18(25)8-9-23-22(25)12-14-26(2)19(10-15-27(23,26)33)17-29-31-24(28)30-20-6-4-3-5-7-20/h3-7,17-19,21-23,32-33H,8-16H2,1-2H3,(H3,28,30,31)/t18-,19-,21+,22+,23-,25+,26-,27+/m1/s1. The van der Waals surface area contributed by atoms with Crippen LogP contribution in [0.2, 0.25) is 0 Å². The smallest absolute Gasteiger partial charge is 0.214 e. The van der Waals surface area contributed by atoms with Crippen molar-refractivity contribution < 1.29 is 10.2 Å². The van der Waals surface area contributed by atoms with Gasteiger partial charge in [-0.25, -0.2) is 10.4 Å². The van der Waals surface area contributed by atoms with E-state index in [0.29, 0.717) is 17.8 Å². The van der Waals surface area contributed by atoms with Gasteiger partial charge in [-0.2, -0.15) is 5.10 Å². The van der Waals surface area contributed by atoms with Crippen LogP contribution >= 0.6 is 0 Å². The van der Waals surface area contributed by atoms with Gasteiger partial charge in [-0.1, -0.05) is 32.0 Å². The molecule has 4 aliphatic carbocycles. The molecule has 0 amide bonds. The molecular weight excluding hydrogens is 412 g/mol. The van der Waals surface area contributed by atoms with E-state index in [1.165, 1.54) is 6.42 Å². The summed E-state index contributed by atoms with van der Waals surface area (Å²) < 4.78 is 0. The number of hydrogen-bond acceptors (Lipinski definition) is 4. The minimum atomic E-state index is -0.639. The van der Waals surface area contributed by atoms with Gasteiger partial charge < -0.3 is 15.9 Å². The van der Waals surface area contributed by atoms with Gasteiger partial charge in [0.1, 0.15) is 0 Å². The van der Waals surface area contributed by atoms with Crippen molar-refractivity contribution in [2.24, 2.45) is 50.3 Å². The molecule has 0 heterocycles. The summed E-state index contributed by atoms with van der Waals surface area (Å²) in [4.78, 5) is 4.34. The SMILES string of the molecule is C[C@]12CC[C@H](O)C[C@H]1CC[C@@H]1[C@@H]2CC[C@]2(C)[C@@H](C=NNC(N)=Nc3ccccc3)CC[C@]12O. The van der Waals surface area contributed by atoms with Crippen molar-refractivity contribution in [3.05, 3.63) is 30.3 Å².